The SMILES string of the molecule is CC1(CN=C(N)N2CCN(c3ccc(F)cc3)CC2)CCOC1C1CC1.I. The zero-order valence-corrected chi connectivity index (χ0v) is 18.3. The monoisotopic (exact) mass is 488 g/mol. The van der Waals surface area contributed by atoms with Crippen molar-refractivity contribution < 1.29 is 9.13 Å². The Kier molecular flexibility index (Phi) is 6.50. The van der Waals surface area contributed by atoms with Gasteiger partial charge in [-0.05, 0) is 49.4 Å². The molecule has 7 heteroatoms. The van der Waals surface area contributed by atoms with Gasteiger partial charge in [0.1, 0.15) is 5.82 Å². The summed E-state index contributed by atoms with van der Waals surface area (Å²) in [4.78, 5) is 9.16. The van der Waals surface area contributed by atoms with E-state index in [2.05, 4.69) is 16.7 Å². The van der Waals surface area contributed by atoms with Gasteiger partial charge in [-0.25, -0.2) is 4.39 Å². The van der Waals surface area contributed by atoms with Gasteiger partial charge >= 0.3 is 0 Å². The van der Waals surface area contributed by atoms with Gasteiger partial charge in [0.15, 0.2) is 5.96 Å². The maximum atomic E-state index is 13.1. The number of nitrogens with two attached hydrogens (primary N) is 1. The van der Waals surface area contributed by atoms with Crippen molar-refractivity contribution in [3.05, 3.63) is 30.1 Å². The molecular formula is C20H30FIN4O. The van der Waals surface area contributed by atoms with E-state index >= 15 is 0 Å². The first kappa shape index (κ1) is 20.6. The third kappa shape index (κ3) is 4.67. The van der Waals surface area contributed by atoms with Crippen molar-refractivity contribution in [1.29, 1.82) is 0 Å². The highest BCUT2D eigenvalue weighted by atomic mass is 127. The molecule has 3 aliphatic rings. The standard InChI is InChI=1S/C20H29FN4O.HI/c1-20(8-13-26-18(20)15-2-3-15)14-23-19(22)25-11-9-24(10-12-25)17-6-4-16(21)5-7-17;/h4-7,15,18H,2-3,8-14H2,1H3,(H2,22,23);1H. The number of piperazine rings is 1. The van der Waals surface area contributed by atoms with Crippen LogP contribution in [-0.4, -0.2) is 56.3 Å². The molecule has 1 aliphatic carbocycles. The molecule has 2 unspecified atom stereocenters. The molecule has 2 heterocycles. The lowest BCUT2D eigenvalue weighted by atomic mass is 9.81. The number of anilines is 1. The van der Waals surface area contributed by atoms with E-state index in [0.717, 1.165) is 57.4 Å². The Labute approximate surface area is 178 Å². The fourth-order valence-corrected chi connectivity index (χ4v) is 4.24. The molecule has 0 bridgehead atoms. The molecule has 1 aromatic carbocycles. The van der Waals surface area contributed by atoms with Crippen molar-refractivity contribution in [3.8, 4) is 0 Å². The highest BCUT2D eigenvalue weighted by Crippen LogP contribution is 2.47. The summed E-state index contributed by atoms with van der Waals surface area (Å²) in [5.41, 5.74) is 7.48. The molecule has 2 N–H and O–H groups in total. The smallest absolute Gasteiger partial charge is 0.191 e. The minimum atomic E-state index is -0.197. The van der Waals surface area contributed by atoms with E-state index in [1.807, 2.05) is 12.1 Å². The molecule has 2 atom stereocenters. The van der Waals surface area contributed by atoms with E-state index in [-0.39, 0.29) is 35.2 Å². The number of guanidine groups is 1. The zero-order valence-electron chi connectivity index (χ0n) is 15.9. The van der Waals surface area contributed by atoms with Crippen molar-refractivity contribution in [2.75, 3.05) is 44.2 Å². The van der Waals surface area contributed by atoms with Gasteiger partial charge in [-0.2, -0.15) is 0 Å². The first-order valence-corrected chi connectivity index (χ1v) is 9.72. The van der Waals surface area contributed by atoms with E-state index in [0.29, 0.717) is 12.1 Å². The Bertz CT molecular complexity index is 658. The summed E-state index contributed by atoms with van der Waals surface area (Å²) in [6.45, 7) is 7.31. The molecule has 0 aromatic heterocycles. The van der Waals surface area contributed by atoms with Gasteiger partial charge in [-0.15, -0.1) is 24.0 Å². The van der Waals surface area contributed by atoms with Crippen LogP contribution in [0.5, 0.6) is 0 Å². The summed E-state index contributed by atoms with van der Waals surface area (Å²) in [6, 6.07) is 6.69. The minimum absolute atomic E-state index is 0. The maximum absolute atomic E-state index is 13.1. The van der Waals surface area contributed by atoms with E-state index in [1.54, 1.807) is 0 Å². The van der Waals surface area contributed by atoms with Gasteiger partial charge in [-0.3, -0.25) is 4.99 Å². The molecule has 0 radical (unpaired) electrons. The molecule has 150 valence electrons. The van der Waals surface area contributed by atoms with Gasteiger partial charge in [0.25, 0.3) is 0 Å². The first-order valence-electron chi connectivity index (χ1n) is 9.72. The van der Waals surface area contributed by atoms with Crippen LogP contribution in [0.3, 0.4) is 0 Å². The van der Waals surface area contributed by atoms with Crippen LogP contribution in [0.4, 0.5) is 10.1 Å². The third-order valence-corrected chi connectivity index (χ3v) is 6.11. The molecule has 27 heavy (non-hydrogen) atoms. The number of hydrogen-bond acceptors (Lipinski definition) is 3. The zero-order chi connectivity index (χ0) is 18.1. The number of halogens is 2. The summed E-state index contributed by atoms with van der Waals surface area (Å²) in [5.74, 6) is 1.18. The number of benzene rings is 1. The Hall–Kier alpha value is -1.09. The number of hydrogen-bond donors (Lipinski definition) is 1. The van der Waals surface area contributed by atoms with Crippen molar-refractivity contribution in [2.24, 2.45) is 22.1 Å². The third-order valence-electron chi connectivity index (χ3n) is 6.11. The van der Waals surface area contributed by atoms with Gasteiger partial charge in [0.2, 0.25) is 0 Å². The Morgan fingerprint density at radius 3 is 2.52 bits per heavy atom. The lowest BCUT2D eigenvalue weighted by Gasteiger charge is -2.37. The molecule has 0 amide bonds. The molecule has 2 aliphatic heterocycles. The van der Waals surface area contributed by atoms with Crippen molar-refractivity contribution in [1.82, 2.24) is 4.90 Å². The van der Waals surface area contributed by atoms with Crippen LogP contribution in [0, 0.1) is 17.2 Å². The normalized spacial score (nSPS) is 29.0. The molecule has 4 rings (SSSR count). The first-order chi connectivity index (χ1) is 12.5. The van der Waals surface area contributed by atoms with Crippen LogP contribution in [-0.2, 0) is 4.74 Å². The Morgan fingerprint density at radius 2 is 1.89 bits per heavy atom. The topological polar surface area (TPSA) is 54.1 Å². The predicted molar refractivity (Wildman–Crippen MR) is 117 cm³/mol. The maximum Gasteiger partial charge on any atom is 0.191 e. The fourth-order valence-electron chi connectivity index (χ4n) is 4.24. The summed E-state index contributed by atoms with van der Waals surface area (Å²) < 4.78 is 19.1. The van der Waals surface area contributed by atoms with Crippen LogP contribution in [0.25, 0.3) is 0 Å². The van der Waals surface area contributed by atoms with Crippen LogP contribution in [0.2, 0.25) is 0 Å². The molecular weight excluding hydrogens is 458 g/mol. The molecule has 5 nitrogen and oxygen atoms in total. The number of nitrogens with zero attached hydrogens (tertiary/aromatic N) is 3. The highest BCUT2D eigenvalue weighted by Gasteiger charge is 2.48. The summed E-state index contributed by atoms with van der Waals surface area (Å²) in [5, 5.41) is 0. The summed E-state index contributed by atoms with van der Waals surface area (Å²) >= 11 is 0. The summed E-state index contributed by atoms with van der Waals surface area (Å²) in [6.07, 6.45) is 4.02. The number of ether oxygens (including phenoxy) is 1. The average molecular weight is 488 g/mol. The lowest BCUT2D eigenvalue weighted by Crippen LogP contribution is -2.51. The van der Waals surface area contributed by atoms with Crippen molar-refractivity contribution in [2.45, 2.75) is 32.3 Å². The molecule has 0 spiro atoms. The van der Waals surface area contributed by atoms with Gasteiger partial charge in [0, 0.05) is 43.9 Å². The fraction of sp³-hybridized carbons (Fsp3) is 0.650. The van der Waals surface area contributed by atoms with Crippen molar-refractivity contribution >= 4 is 35.6 Å². The second-order valence-corrected chi connectivity index (χ2v) is 8.16. The number of rotatable bonds is 4. The summed E-state index contributed by atoms with van der Waals surface area (Å²) in [7, 11) is 0. The Morgan fingerprint density at radius 1 is 1.22 bits per heavy atom. The van der Waals surface area contributed by atoms with E-state index in [4.69, 9.17) is 15.5 Å². The van der Waals surface area contributed by atoms with Crippen LogP contribution in [0.15, 0.2) is 29.3 Å². The second-order valence-electron chi connectivity index (χ2n) is 8.16. The van der Waals surface area contributed by atoms with Crippen LogP contribution < -0.4 is 10.6 Å². The van der Waals surface area contributed by atoms with Gasteiger partial charge < -0.3 is 20.3 Å². The quantitative estimate of drug-likeness (QED) is 0.402. The largest absolute Gasteiger partial charge is 0.377 e. The van der Waals surface area contributed by atoms with Crippen LogP contribution >= 0.6 is 24.0 Å². The van der Waals surface area contributed by atoms with Gasteiger partial charge in [-0.1, -0.05) is 6.92 Å². The minimum Gasteiger partial charge on any atom is -0.377 e. The second kappa shape index (κ2) is 8.51. The van der Waals surface area contributed by atoms with E-state index in [1.165, 1.54) is 25.0 Å². The average Bonchev–Trinajstić information content (AvgIpc) is 3.43. The molecule has 1 saturated carbocycles. The van der Waals surface area contributed by atoms with E-state index < -0.39 is 0 Å². The number of aliphatic imine (C=N–C) groups is 1. The molecule has 2 saturated heterocycles. The van der Waals surface area contributed by atoms with Crippen molar-refractivity contribution in [3.63, 3.8) is 0 Å². The van der Waals surface area contributed by atoms with E-state index in [9.17, 15) is 4.39 Å². The lowest BCUT2D eigenvalue weighted by molar-refractivity contribution is 0.0424. The predicted octanol–water partition coefficient (Wildman–Crippen LogP) is 3.09. The molecule has 1 aromatic rings. The van der Waals surface area contributed by atoms with Gasteiger partial charge in [0.05, 0.1) is 12.6 Å². The Balaban J connectivity index is 0.00000210. The highest BCUT2D eigenvalue weighted by molar-refractivity contribution is 14.0. The molecule has 3 fully saturated rings. The van der Waals surface area contributed by atoms with Crippen LogP contribution in [0.1, 0.15) is 26.2 Å².